The first-order chi connectivity index (χ1) is 8.66. The molecule has 0 bridgehead atoms. The molecule has 0 unspecified atom stereocenters. The van der Waals surface area contributed by atoms with E-state index in [1.807, 2.05) is 12.1 Å². The fourth-order valence-electron chi connectivity index (χ4n) is 2.72. The number of nitrogen functional groups attached to an aromatic ring is 1. The van der Waals surface area contributed by atoms with Crippen LogP contribution in [0.25, 0.3) is 0 Å². The summed E-state index contributed by atoms with van der Waals surface area (Å²) < 4.78 is 0. The summed E-state index contributed by atoms with van der Waals surface area (Å²) in [5, 5.41) is 3.49. The van der Waals surface area contributed by atoms with Crippen LogP contribution in [0.3, 0.4) is 0 Å². The zero-order chi connectivity index (χ0) is 13.0. The number of aryl methyl sites for hydroxylation is 1. The summed E-state index contributed by atoms with van der Waals surface area (Å²) in [4.78, 5) is 2.49. The monoisotopic (exact) mass is 247 g/mol. The number of likely N-dealkylation sites (N-methyl/N-ethyl adjacent to an activating group) is 1. The van der Waals surface area contributed by atoms with Gasteiger partial charge in [-0.25, -0.2) is 0 Å². The van der Waals surface area contributed by atoms with E-state index < -0.39 is 0 Å². The van der Waals surface area contributed by atoms with Crippen LogP contribution in [0.5, 0.6) is 0 Å². The van der Waals surface area contributed by atoms with E-state index in [-0.39, 0.29) is 0 Å². The van der Waals surface area contributed by atoms with Crippen molar-refractivity contribution in [1.29, 1.82) is 0 Å². The predicted octanol–water partition coefficient (Wildman–Crippen LogP) is 2.86. The Morgan fingerprint density at radius 2 is 2.06 bits per heavy atom. The van der Waals surface area contributed by atoms with Gasteiger partial charge in [0.1, 0.15) is 0 Å². The number of rotatable bonds is 5. The summed E-state index contributed by atoms with van der Waals surface area (Å²) in [6, 6.07) is 6.84. The van der Waals surface area contributed by atoms with E-state index in [1.54, 1.807) is 0 Å². The smallest absolute Gasteiger partial charge is 0.0390 e. The maximum Gasteiger partial charge on any atom is 0.0390 e. The van der Waals surface area contributed by atoms with Crippen molar-refractivity contribution >= 4 is 11.4 Å². The molecule has 0 heterocycles. The van der Waals surface area contributed by atoms with Gasteiger partial charge in [0.25, 0.3) is 0 Å². The molecule has 3 N–H and O–H groups in total. The summed E-state index contributed by atoms with van der Waals surface area (Å²) in [5.41, 5.74) is 9.05. The second-order valence-electron chi connectivity index (χ2n) is 5.42. The standard InChI is InChI=1S/C15H25N3/c1-12-7-8-13(16)11-15(12)17-9-10-18(2)14-5-3-4-6-14/h7-8,11,14,17H,3-6,9-10,16H2,1-2H3. The highest BCUT2D eigenvalue weighted by atomic mass is 15.1. The van der Waals surface area contributed by atoms with Crippen molar-refractivity contribution in [3.05, 3.63) is 23.8 Å². The summed E-state index contributed by atoms with van der Waals surface area (Å²) in [6.07, 6.45) is 5.54. The molecule has 0 radical (unpaired) electrons. The first kappa shape index (κ1) is 13.2. The second kappa shape index (κ2) is 6.10. The fraction of sp³-hybridized carbons (Fsp3) is 0.600. The van der Waals surface area contributed by atoms with Gasteiger partial charge in [-0.15, -0.1) is 0 Å². The van der Waals surface area contributed by atoms with E-state index in [0.717, 1.165) is 30.5 Å². The Balaban J connectivity index is 1.79. The second-order valence-corrected chi connectivity index (χ2v) is 5.42. The number of nitrogens with two attached hydrogens (primary N) is 1. The van der Waals surface area contributed by atoms with Crippen LogP contribution in [-0.4, -0.2) is 31.1 Å². The molecule has 1 aromatic rings. The van der Waals surface area contributed by atoms with Gasteiger partial charge in [0.15, 0.2) is 0 Å². The molecule has 0 aliphatic heterocycles. The highest BCUT2D eigenvalue weighted by Crippen LogP contribution is 2.22. The van der Waals surface area contributed by atoms with E-state index in [9.17, 15) is 0 Å². The van der Waals surface area contributed by atoms with Crippen molar-refractivity contribution in [2.24, 2.45) is 0 Å². The lowest BCUT2D eigenvalue weighted by molar-refractivity contribution is 0.254. The molecule has 0 spiro atoms. The number of anilines is 2. The van der Waals surface area contributed by atoms with Crippen LogP contribution in [0, 0.1) is 6.92 Å². The van der Waals surface area contributed by atoms with Crippen LogP contribution >= 0.6 is 0 Å². The Bertz CT molecular complexity index is 383. The van der Waals surface area contributed by atoms with Gasteiger partial charge in [-0.1, -0.05) is 18.9 Å². The van der Waals surface area contributed by atoms with Crippen molar-refractivity contribution in [2.75, 3.05) is 31.2 Å². The van der Waals surface area contributed by atoms with Gasteiger partial charge in [-0.3, -0.25) is 0 Å². The normalized spacial score (nSPS) is 16.4. The fourth-order valence-corrected chi connectivity index (χ4v) is 2.72. The molecule has 1 fully saturated rings. The molecule has 1 aliphatic rings. The van der Waals surface area contributed by atoms with E-state index in [2.05, 4.69) is 30.3 Å². The minimum Gasteiger partial charge on any atom is -0.399 e. The van der Waals surface area contributed by atoms with Crippen LogP contribution < -0.4 is 11.1 Å². The molecule has 0 amide bonds. The third-order valence-corrected chi connectivity index (χ3v) is 3.99. The largest absolute Gasteiger partial charge is 0.399 e. The van der Waals surface area contributed by atoms with Crippen LogP contribution in [-0.2, 0) is 0 Å². The first-order valence-electron chi connectivity index (χ1n) is 6.97. The number of hydrogen-bond acceptors (Lipinski definition) is 3. The quantitative estimate of drug-likeness (QED) is 0.786. The Labute approximate surface area is 110 Å². The third kappa shape index (κ3) is 3.39. The molecule has 1 saturated carbocycles. The van der Waals surface area contributed by atoms with E-state index in [1.165, 1.54) is 31.2 Å². The van der Waals surface area contributed by atoms with Gasteiger partial charge < -0.3 is 16.0 Å². The third-order valence-electron chi connectivity index (χ3n) is 3.99. The highest BCUT2D eigenvalue weighted by Gasteiger charge is 2.18. The van der Waals surface area contributed by atoms with Crippen molar-refractivity contribution in [2.45, 2.75) is 38.6 Å². The topological polar surface area (TPSA) is 41.3 Å². The van der Waals surface area contributed by atoms with Gasteiger partial charge >= 0.3 is 0 Å². The SMILES string of the molecule is Cc1ccc(N)cc1NCCN(C)C1CCCC1. The first-order valence-corrected chi connectivity index (χ1v) is 6.97. The summed E-state index contributed by atoms with van der Waals surface area (Å²) in [5.74, 6) is 0. The number of hydrogen-bond donors (Lipinski definition) is 2. The molecule has 1 aliphatic carbocycles. The molecule has 2 rings (SSSR count). The number of nitrogens with zero attached hydrogens (tertiary/aromatic N) is 1. The average molecular weight is 247 g/mol. The highest BCUT2D eigenvalue weighted by molar-refractivity contribution is 5.59. The molecule has 1 aromatic carbocycles. The zero-order valence-electron chi connectivity index (χ0n) is 11.6. The number of nitrogens with one attached hydrogen (secondary N) is 1. The molecule has 3 heteroatoms. The van der Waals surface area contributed by atoms with Crippen molar-refractivity contribution in [3.63, 3.8) is 0 Å². The number of benzene rings is 1. The maximum absolute atomic E-state index is 5.81. The van der Waals surface area contributed by atoms with Gasteiger partial charge in [0.2, 0.25) is 0 Å². The molecule has 3 nitrogen and oxygen atoms in total. The minimum absolute atomic E-state index is 0.800. The van der Waals surface area contributed by atoms with E-state index in [4.69, 9.17) is 5.73 Å². The van der Waals surface area contributed by atoms with Crippen molar-refractivity contribution in [1.82, 2.24) is 4.90 Å². The molecule has 0 saturated heterocycles. The molecule has 0 aromatic heterocycles. The van der Waals surface area contributed by atoms with Crippen molar-refractivity contribution < 1.29 is 0 Å². The lowest BCUT2D eigenvalue weighted by Crippen LogP contribution is -2.33. The summed E-state index contributed by atoms with van der Waals surface area (Å²) >= 11 is 0. The van der Waals surface area contributed by atoms with Crippen LogP contribution in [0.2, 0.25) is 0 Å². The van der Waals surface area contributed by atoms with Crippen molar-refractivity contribution in [3.8, 4) is 0 Å². The lowest BCUT2D eigenvalue weighted by atomic mass is 10.2. The summed E-state index contributed by atoms with van der Waals surface area (Å²) in [7, 11) is 2.24. The molecule has 18 heavy (non-hydrogen) atoms. The Hall–Kier alpha value is -1.22. The zero-order valence-corrected chi connectivity index (χ0v) is 11.6. The Kier molecular flexibility index (Phi) is 4.48. The van der Waals surface area contributed by atoms with Crippen LogP contribution in [0.4, 0.5) is 11.4 Å². The molecular weight excluding hydrogens is 222 g/mol. The molecule has 0 atom stereocenters. The van der Waals surface area contributed by atoms with Gasteiger partial charge in [0, 0.05) is 30.5 Å². The lowest BCUT2D eigenvalue weighted by Gasteiger charge is -2.24. The summed E-state index contributed by atoms with van der Waals surface area (Å²) in [6.45, 7) is 4.19. The predicted molar refractivity (Wildman–Crippen MR) is 79.0 cm³/mol. The Morgan fingerprint density at radius 3 is 2.78 bits per heavy atom. The van der Waals surface area contributed by atoms with Crippen LogP contribution in [0.15, 0.2) is 18.2 Å². The van der Waals surface area contributed by atoms with Gasteiger partial charge in [-0.05, 0) is 44.5 Å². The maximum atomic E-state index is 5.81. The average Bonchev–Trinajstić information content (AvgIpc) is 2.87. The molecule has 100 valence electrons. The van der Waals surface area contributed by atoms with Crippen LogP contribution in [0.1, 0.15) is 31.2 Å². The molecular formula is C15H25N3. The minimum atomic E-state index is 0.800. The van der Waals surface area contributed by atoms with E-state index in [0.29, 0.717) is 0 Å². The van der Waals surface area contributed by atoms with Gasteiger partial charge in [-0.2, -0.15) is 0 Å². The van der Waals surface area contributed by atoms with Gasteiger partial charge in [0.05, 0.1) is 0 Å². The Morgan fingerprint density at radius 1 is 1.33 bits per heavy atom. The van der Waals surface area contributed by atoms with E-state index >= 15 is 0 Å².